The topological polar surface area (TPSA) is 285 Å². The average molecular weight is 900 g/mol. The fraction of sp³-hybridized carbons (Fsp3) is 0.333. The molecule has 4 aromatic rings. The van der Waals surface area contributed by atoms with Crippen molar-refractivity contribution in [2.24, 2.45) is 11.5 Å². The van der Waals surface area contributed by atoms with E-state index in [4.69, 9.17) is 30.2 Å². The fourth-order valence-electron chi connectivity index (χ4n) is 7.79. The summed E-state index contributed by atoms with van der Waals surface area (Å²) in [6.45, 7) is -5.07. The number of carboxylic acids is 2. The number of carboxylic acid groups (broad SMARTS) is 2. The molecule has 0 bridgehead atoms. The molecule has 4 aliphatic rings. The normalized spacial score (nSPS) is 17.8. The van der Waals surface area contributed by atoms with Gasteiger partial charge in [-0.25, -0.2) is 9.59 Å². The van der Waals surface area contributed by atoms with E-state index in [1.807, 2.05) is 60.7 Å². The summed E-state index contributed by atoms with van der Waals surface area (Å²) >= 11 is 0. The van der Waals surface area contributed by atoms with Crippen LogP contribution in [0.2, 0.25) is 12.6 Å². The first-order chi connectivity index (χ1) is 29.5. The Balaban J connectivity index is 0.000000234. The van der Waals surface area contributed by atoms with E-state index in [1.54, 1.807) is 21.9 Å². The summed E-state index contributed by atoms with van der Waals surface area (Å²) in [5.41, 5.74) is 14.7. The predicted octanol–water partition coefficient (Wildman–Crippen LogP) is -5.19. The van der Waals surface area contributed by atoms with Crippen molar-refractivity contribution in [1.29, 1.82) is 0 Å². The van der Waals surface area contributed by atoms with Gasteiger partial charge in [-0.05, 0) is 60.1 Å². The van der Waals surface area contributed by atoms with Crippen LogP contribution in [0.15, 0.2) is 84.9 Å². The van der Waals surface area contributed by atoms with Crippen LogP contribution in [0.1, 0.15) is 43.0 Å². The van der Waals surface area contributed by atoms with E-state index in [9.17, 15) is 49.5 Å². The van der Waals surface area contributed by atoms with Gasteiger partial charge in [0.05, 0.1) is 49.8 Å². The number of carbonyl (C=O) groups is 4. The number of hydrogen-bond donors (Lipinski definition) is 8. The maximum Gasteiger partial charge on any atom is 1.00 e. The first-order valence-electron chi connectivity index (χ1n) is 20.3. The smallest absolute Gasteiger partial charge is 0.669 e. The molecule has 2 saturated heterocycles. The number of nitrogens with zero attached hydrogens (tertiary/aromatic N) is 2. The molecule has 2 atom stereocenters. The van der Waals surface area contributed by atoms with E-state index in [2.05, 4.69) is 0 Å². The molecule has 2 fully saturated rings. The van der Waals surface area contributed by atoms with Crippen LogP contribution < -0.4 is 89.4 Å². The van der Waals surface area contributed by atoms with E-state index in [0.29, 0.717) is 24.0 Å². The summed E-state index contributed by atoms with van der Waals surface area (Å²) in [7, 11) is 0. The average Bonchev–Trinajstić information content (AvgIpc) is 3.19. The summed E-state index contributed by atoms with van der Waals surface area (Å²) in [5, 5.41) is 58.6. The van der Waals surface area contributed by atoms with Crippen LogP contribution in [0.25, 0.3) is 0 Å². The van der Waals surface area contributed by atoms with E-state index < -0.39 is 49.7 Å². The van der Waals surface area contributed by atoms with Crippen LogP contribution >= 0.6 is 0 Å². The number of ether oxygens (including phenoxy) is 2. The largest absolute Gasteiger partial charge is 1.00 e. The van der Waals surface area contributed by atoms with Crippen molar-refractivity contribution < 1.29 is 127 Å². The van der Waals surface area contributed by atoms with Gasteiger partial charge < -0.3 is 70.4 Å². The number of amides is 2. The number of carbonyl (C=O) groups excluding carboxylic acids is 2. The first-order valence-corrected chi connectivity index (χ1v) is 20.3. The molecule has 64 heavy (non-hydrogen) atoms. The van der Waals surface area contributed by atoms with Crippen LogP contribution in [-0.2, 0) is 35.3 Å². The number of nitrogens with two attached hydrogens (primary N) is 2. The number of aromatic carboxylic acids is 2. The summed E-state index contributed by atoms with van der Waals surface area (Å²) in [4.78, 5) is 51.9. The van der Waals surface area contributed by atoms with Gasteiger partial charge in [-0.2, -0.15) is 0 Å². The molecule has 8 rings (SSSR count). The Labute approximate surface area is 413 Å². The zero-order valence-electron chi connectivity index (χ0n) is 35.6. The van der Waals surface area contributed by atoms with Crippen LogP contribution in [0.5, 0.6) is 23.0 Å². The van der Waals surface area contributed by atoms with Gasteiger partial charge in [-0.1, -0.05) is 85.4 Å². The molecular formula is C42H48B2N4Na2O14. The number of fused-ring (bicyclic) bond motifs is 2. The number of aryl methyl sites for hydroxylation is 2. The van der Waals surface area contributed by atoms with Crippen molar-refractivity contribution in [3.63, 3.8) is 0 Å². The van der Waals surface area contributed by atoms with Crippen LogP contribution in [0.3, 0.4) is 0 Å². The summed E-state index contributed by atoms with van der Waals surface area (Å²) < 4.78 is 21.9. The zero-order valence-corrected chi connectivity index (χ0v) is 39.6. The third kappa shape index (κ3) is 12.2. The molecule has 0 saturated carbocycles. The molecule has 4 aliphatic heterocycles. The Bertz CT molecular complexity index is 2160. The maximum absolute atomic E-state index is 12.5. The molecule has 0 spiro atoms. The van der Waals surface area contributed by atoms with Crippen molar-refractivity contribution in [1.82, 2.24) is 9.80 Å². The minimum atomic E-state index is -3.10. The quantitative estimate of drug-likeness (QED) is 0.0617. The predicted molar refractivity (Wildman–Crippen MR) is 224 cm³/mol. The van der Waals surface area contributed by atoms with Crippen molar-refractivity contribution in [3.05, 3.63) is 118 Å². The minimum absolute atomic E-state index is 0. The fourth-order valence-corrected chi connectivity index (χ4v) is 7.79. The third-order valence-electron chi connectivity index (χ3n) is 11.2. The zero-order chi connectivity index (χ0) is 44.3. The molecule has 10 N–H and O–H groups in total. The molecule has 0 aliphatic carbocycles. The summed E-state index contributed by atoms with van der Waals surface area (Å²) in [6.07, 6.45) is 0.626. The molecule has 328 valence electrons. The van der Waals surface area contributed by atoms with Gasteiger partial charge in [0.15, 0.2) is 0 Å². The Morgan fingerprint density at radius 2 is 0.938 bits per heavy atom. The Hall–Kier alpha value is -4.15. The van der Waals surface area contributed by atoms with Crippen molar-refractivity contribution in [2.45, 2.75) is 62.6 Å². The second-order valence-electron chi connectivity index (χ2n) is 16.1. The first kappa shape index (κ1) is 50.8. The number of rotatable bonds is 12. The van der Waals surface area contributed by atoms with Crippen molar-refractivity contribution in [2.75, 3.05) is 26.2 Å². The molecule has 18 nitrogen and oxygen atoms in total. The Kier molecular flexibility index (Phi) is 17.0. The van der Waals surface area contributed by atoms with E-state index in [1.165, 1.54) is 12.1 Å². The SMILES string of the molecule is NC(Cc1ccccc1)C(=O)N1CC(Oc2ccc3c(c2C(=O)O)O[B-](O)(O)CC3)C1.NC(Cc1ccccc1)C(=O)N1CC(Oc2ccc3c(c2C(=O)O)O[B-](O)(O)CC3)C1.[Na+].[Na+]. The van der Waals surface area contributed by atoms with E-state index in [0.717, 1.165) is 11.1 Å². The van der Waals surface area contributed by atoms with E-state index >= 15 is 0 Å². The summed E-state index contributed by atoms with van der Waals surface area (Å²) in [5.74, 6) is -3.02. The Morgan fingerprint density at radius 1 is 0.594 bits per heavy atom. The van der Waals surface area contributed by atoms with Gasteiger partial charge in [0, 0.05) is 0 Å². The second-order valence-corrected chi connectivity index (χ2v) is 16.1. The molecule has 22 heteroatoms. The third-order valence-corrected chi connectivity index (χ3v) is 11.2. The molecule has 2 amide bonds. The van der Waals surface area contributed by atoms with Crippen LogP contribution in [0.4, 0.5) is 0 Å². The standard InChI is InChI=1S/2C21H24BN2O7.2Na/c2*23-16(10-13-4-2-1-3-5-13)20(25)24-11-15(12-24)30-17-7-6-14-8-9-22(28,29)31-19(14)18(17)21(26)27;;/h2*1-7,15-16,28-29H,8-12,23H2,(H,26,27);;/q2*-1;2*+1. The monoisotopic (exact) mass is 900 g/mol. The second kappa shape index (κ2) is 21.4. The van der Waals surface area contributed by atoms with Crippen molar-refractivity contribution >= 4 is 37.3 Å². The molecule has 4 heterocycles. The molecule has 0 radical (unpaired) electrons. The number of hydrogen-bond acceptors (Lipinski definition) is 14. The van der Waals surface area contributed by atoms with Crippen LogP contribution in [0, 0.1) is 0 Å². The molecule has 0 aromatic heterocycles. The van der Waals surface area contributed by atoms with Gasteiger partial charge in [0.1, 0.15) is 34.8 Å². The van der Waals surface area contributed by atoms with Gasteiger partial charge in [-0.3, -0.25) is 9.59 Å². The molecule has 4 aromatic carbocycles. The summed E-state index contributed by atoms with van der Waals surface area (Å²) in [6, 6.07) is 24.0. The number of likely N-dealkylation sites (tertiary alicyclic amines) is 2. The number of benzene rings is 4. The van der Waals surface area contributed by atoms with Gasteiger partial charge in [0.2, 0.25) is 11.8 Å². The maximum atomic E-state index is 12.5. The Morgan fingerprint density at radius 3 is 1.27 bits per heavy atom. The van der Waals surface area contributed by atoms with Gasteiger partial charge in [0.25, 0.3) is 0 Å². The van der Waals surface area contributed by atoms with Crippen molar-refractivity contribution in [3.8, 4) is 23.0 Å². The van der Waals surface area contributed by atoms with E-state index in [-0.39, 0.29) is 157 Å². The minimum Gasteiger partial charge on any atom is -0.669 e. The van der Waals surface area contributed by atoms with Gasteiger partial charge >= 0.3 is 84.6 Å². The molecular weight excluding hydrogens is 852 g/mol. The van der Waals surface area contributed by atoms with Gasteiger partial charge in [-0.15, -0.1) is 0 Å². The van der Waals surface area contributed by atoms with Crippen LogP contribution in [-0.4, -0.2) is 128 Å². The molecule has 2 unspecified atom stereocenters.